The van der Waals surface area contributed by atoms with Gasteiger partial charge in [-0.15, -0.1) is 0 Å². The number of benzene rings is 1. The minimum Gasteiger partial charge on any atom is -0.481 e. The summed E-state index contributed by atoms with van der Waals surface area (Å²) in [5.74, 6) is -5.02. The maximum atomic E-state index is 13.0. The summed E-state index contributed by atoms with van der Waals surface area (Å²) in [6, 6.07) is 4.58. The molecule has 1 heterocycles. The Morgan fingerprint density at radius 3 is 2.26 bits per heavy atom. The molecule has 1 fully saturated rings. The van der Waals surface area contributed by atoms with Gasteiger partial charge in [-0.25, -0.2) is 4.79 Å². The lowest BCUT2D eigenvalue weighted by molar-refractivity contribution is -0.150. The molecular formula is C23H32N4O7. The molecule has 4 atom stereocenters. The summed E-state index contributed by atoms with van der Waals surface area (Å²) >= 11 is 0. The molecule has 1 aliphatic heterocycles. The SMILES string of the molecule is CC(C)C(NC(=O)C(N)Cc1ccccc1)C(=O)NC(CC(=O)O)C(=O)N1CCCC1C(=O)O. The normalized spacial score (nSPS) is 18.1. The molecule has 0 radical (unpaired) electrons. The Hall–Kier alpha value is -3.47. The van der Waals surface area contributed by atoms with Gasteiger partial charge in [0.2, 0.25) is 17.7 Å². The molecule has 34 heavy (non-hydrogen) atoms. The van der Waals surface area contributed by atoms with Gasteiger partial charge in [0.15, 0.2) is 0 Å². The highest BCUT2D eigenvalue weighted by Crippen LogP contribution is 2.19. The first-order valence-electron chi connectivity index (χ1n) is 11.2. The summed E-state index contributed by atoms with van der Waals surface area (Å²) in [6.45, 7) is 3.52. The Morgan fingerprint density at radius 1 is 1.06 bits per heavy atom. The largest absolute Gasteiger partial charge is 0.481 e. The van der Waals surface area contributed by atoms with E-state index < -0.39 is 66.2 Å². The van der Waals surface area contributed by atoms with Crippen LogP contribution in [0, 0.1) is 5.92 Å². The van der Waals surface area contributed by atoms with Crippen molar-refractivity contribution in [2.24, 2.45) is 11.7 Å². The second-order valence-corrected chi connectivity index (χ2v) is 8.71. The number of likely N-dealkylation sites (tertiary alicyclic amines) is 1. The van der Waals surface area contributed by atoms with Gasteiger partial charge in [0, 0.05) is 6.54 Å². The van der Waals surface area contributed by atoms with Crippen molar-refractivity contribution >= 4 is 29.7 Å². The molecule has 3 amide bonds. The predicted octanol–water partition coefficient (Wildman–Crippen LogP) is -0.268. The molecule has 11 nitrogen and oxygen atoms in total. The van der Waals surface area contributed by atoms with Crippen molar-refractivity contribution in [3.63, 3.8) is 0 Å². The Labute approximate surface area is 197 Å². The zero-order valence-electron chi connectivity index (χ0n) is 19.3. The Balaban J connectivity index is 2.10. The third-order valence-electron chi connectivity index (χ3n) is 5.70. The molecule has 0 aromatic heterocycles. The smallest absolute Gasteiger partial charge is 0.326 e. The van der Waals surface area contributed by atoms with Crippen LogP contribution in [0.4, 0.5) is 0 Å². The molecule has 1 saturated heterocycles. The second kappa shape index (κ2) is 12.1. The van der Waals surface area contributed by atoms with Gasteiger partial charge in [0.1, 0.15) is 18.1 Å². The van der Waals surface area contributed by atoms with Gasteiger partial charge in [0.25, 0.3) is 0 Å². The molecule has 1 aliphatic rings. The van der Waals surface area contributed by atoms with E-state index in [1.165, 1.54) is 0 Å². The minimum atomic E-state index is -1.47. The van der Waals surface area contributed by atoms with Crippen LogP contribution in [-0.4, -0.2) is 75.5 Å². The van der Waals surface area contributed by atoms with Crippen LogP contribution in [0.5, 0.6) is 0 Å². The van der Waals surface area contributed by atoms with Crippen LogP contribution in [0.25, 0.3) is 0 Å². The molecular weight excluding hydrogens is 444 g/mol. The van der Waals surface area contributed by atoms with Crippen molar-refractivity contribution in [2.75, 3.05) is 6.54 Å². The lowest BCUT2D eigenvalue weighted by Gasteiger charge is -2.29. The van der Waals surface area contributed by atoms with Crippen molar-refractivity contribution < 1.29 is 34.2 Å². The lowest BCUT2D eigenvalue weighted by atomic mass is 10.0. The Kier molecular flexibility index (Phi) is 9.55. The average Bonchev–Trinajstić information content (AvgIpc) is 3.26. The Bertz CT molecular complexity index is 906. The number of nitrogens with zero attached hydrogens (tertiary/aromatic N) is 1. The van der Waals surface area contributed by atoms with Gasteiger partial charge in [-0.2, -0.15) is 0 Å². The van der Waals surface area contributed by atoms with Crippen LogP contribution < -0.4 is 16.4 Å². The number of carboxylic acid groups (broad SMARTS) is 2. The molecule has 0 spiro atoms. The Morgan fingerprint density at radius 2 is 1.71 bits per heavy atom. The van der Waals surface area contributed by atoms with Crippen molar-refractivity contribution in [3.05, 3.63) is 35.9 Å². The first-order chi connectivity index (χ1) is 16.0. The summed E-state index contributed by atoms with van der Waals surface area (Å²) in [5, 5.41) is 23.6. The molecule has 186 valence electrons. The number of carbonyl (C=O) groups excluding carboxylic acids is 3. The number of hydrogen-bond donors (Lipinski definition) is 5. The number of nitrogens with two attached hydrogens (primary N) is 1. The van der Waals surface area contributed by atoms with Crippen LogP contribution in [0.1, 0.15) is 38.7 Å². The number of hydrogen-bond acceptors (Lipinski definition) is 6. The topological polar surface area (TPSA) is 179 Å². The van der Waals surface area contributed by atoms with Crippen molar-refractivity contribution in [3.8, 4) is 0 Å². The molecule has 6 N–H and O–H groups in total. The van der Waals surface area contributed by atoms with Gasteiger partial charge in [-0.3, -0.25) is 19.2 Å². The minimum absolute atomic E-state index is 0.153. The molecule has 0 saturated carbocycles. The summed E-state index contributed by atoms with van der Waals surface area (Å²) in [4.78, 5) is 62.4. The van der Waals surface area contributed by atoms with E-state index in [0.717, 1.165) is 10.5 Å². The molecule has 0 bridgehead atoms. The highest BCUT2D eigenvalue weighted by Gasteiger charge is 2.39. The third-order valence-corrected chi connectivity index (χ3v) is 5.70. The van der Waals surface area contributed by atoms with Crippen molar-refractivity contribution in [1.29, 1.82) is 0 Å². The predicted molar refractivity (Wildman–Crippen MR) is 121 cm³/mol. The van der Waals surface area contributed by atoms with Crippen LogP contribution in [-0.2, 0) is 30.4 Å². The zero-order chi connectivity index (χ0) is 25.4. The monoisotopic (exact) mass is 476 g/mol. The van der Waals surface area contributed by atoms with Crippen molar-refractivity contribution in [1.82, 2.24) is 15.5 Å². The standard InChI is InChI=1S/C23H32N4O7/c1-13(2)19(26-20(30)15(24)11-14-7-4-3-5-8-14)21(31)25-16(12-18(28)29)22(32)27-10-6-9-17(27)23(33)34/h3-5,7-8,13,15-17,19H,6,9-12,24H2,1-2H3,(H,25,31)(H,26,30)(H,28,29)(H,33,34). The van der Waals surface area contributed by atoms with Crippen LogP contribution >= 0.6 is 0 Å². The summed E-state index contributed by atoms with van der Waals surface area (Å²) in [6.07, 6.45) is 0.240. The van der Waals surface area contributed by atoms with Gasteiger partial charge < -0.3 is 31.5 Å². The molecule has 11 heteroatoms. The van der Waals surface area contributed by atoms with E-state index in [4.69, 9.17) is 5.73 Å². The van der Waals surface area contributed by atoms with Crippen LogP contribution in [0.15, 0.2) is 30.3 Å². The zero-order valence-corrected chi connectivity index (χ0v) is 19.3. The van der Waals surface area contributed by atoms with Crippen molar-refractivity contribution in [2.45, 2.75) is 63.7 Å². The molecule has 0 aliphatic carbocycles. The van der Waals surface area contributed by atoms with Gasteiger partial charge in [-0.05, 0) is 30.7 Å². The third kappa shape index (κ3) is 7.27. The average molecular weight is 477 g/mol. The molecule has 1 aromatic carbocycles. The van der Waals surface area contributed by atoms with Crippen LogP contribution in [0.2, 0.25) is 0 Å². The second-order valence-electron chi connectivity index (χ2n) is 8.71. The van der Waals surface area contributed by atoms with E-state index >= 15 is 0 Å². The first kappa shape index (κ1) is 26.8. The highest BCUT2D eigenvalue weighted by atomic mass is 16.4. The number of carbonyl (C=O) groups is 5. The number of amides is 3. The molecule has 2 rings (SSSR count). The maximum absolute atomic E-state index is 13.0. The highest BCUT2D eigenvalue weighted by molar-refractivity contribution is 5.96. The first-order valence-corrected chi connectivity index (χ1v) is 11.2. The fraction of sp³-hybridized carbons (Fsp3) is 0.522. The van der Waals surface area contributed by atoms with E-state index in [-0.39, 0.29) is 19.4 Å². The van der Waals surface area contributed by atoms with E-state index in [0.29, 0.717) is 6.42 Å². The summed E-state index contributed by atoms with van der Waals surface area (Å²) < 4.78 is 0. The molecule has 1 aromatic rings. The lowest BCUT2D eigenvalue weighted by Crippen LogP contribution is -2.59. The number of carboxylic acids is 2. The van der Waals surface area contributed by atoms with Gasteiger partial charge >= 0.3 is 11.9 Å². The quantitative estimate of drug-likeness (QED) is 0.289. The fourth-order valence-corrected chi connectivity index (χ4v) is 3.88. The summed E-state index contributed by atoms with van der Waals surface area (Å²) in [5.41, 5.74) is 6.85. The number of nitrogens with one attached hydrogen (secondary N) is 2. The van der Waals surface area contributed by atoms with Gasteiger partial charge in [-0.1, -0.05) is 44.2 Å². The van der Waals surface area contributed by atoms with E-state index in [2.05, 4.69) is 10.6 Å². The fourth-order valence-electron chi connectivity index (χ4n) is 3.88. The summed E-state index contributed by atoms with van der Waals surface area (Å²) in [7, 11) is 0. The van der Waals surface area contributed by atoms with E-state index in [1.807, 2.05) is 30.3 Å². The molecule has 4 unspecified atom stereocenters. The maximum Gasteiger partial charge on any atom is 0.326 e. The van der Waals surface area contributed by atoms with E-state index in [1.54, 1.807) is 13.8 Å². The number of aliphatic carboxylic acids is 2. The van der Waals surface area contributed by atoms with Gasteiger partial charge in [0.05, 0.1) is 12.5 Å². The number of rotatable bonds is 11. The van der Waals surface area contributed by atoms with Crippen LogP contribution in [0.3, 0.4) is 0 Å². The van der Waals surface area contributed by atoms with E-state index in [9.17, 15) is 34.2 Å².